The molecule has 3 N–H and O–H groups in total. The molecule has 46 heavy (non-hydrogen) atoms. The first-order valence-corrected chi connectivity index (χ1v) is 15.5. The van der Waals surface area contributed by atoms with Crippen molar-refractivity contribution in [3.63, 3.8) is 0 Å². The van der Waals surface area contributed by atoms with Crippen LogP contribution in [0.1, 0.15) is 45.6 Å². The van der Waals surface area contributed by atoms with Crippen LogP contribution in [0.15, 0.2) is 60.7 Å². The van der Waals surface area contributed by atoms with E-state index in [1.165, 1.54) is 4.90 Å². The number of carbonyl (C=O) groups is 3. The molecular weight excluding hydrogens is 590 g/mol. The lowest BCUT2D eigenvalue weighted by Gasteiger charge is -2.23. The van der Waals surface area contributed by atoms with Crippen molar-refractivity contribution in [1.29, 1.82) is 0 Å². The molecule has 1 unspecified atom stereocenters. The number of nitrogens with one attached hydrogen (secondary N) is 3. The Morgan fingerprint density at radius 3 is 2.65 bits per heavy atom. The van der Waals surface area contributed by atoms with E-state index >= 15 is 0 Å². The molecule has 0 spiro atoms. The summed E-state index contributed by atoms with van der Waals surface area (Å²) in [7, 11) is 0. The van der Waals surface area contributed by atoms with Crippen LogP contribution in [-0.2, 0) is 20.8 Å². The van der Waals surface area contributed by atoms with Crippen molar-refractivity contribution in [3.05, 3.63) is 66.2 Å². The predicted octanol–water partition coefficient (Wildman–Crippen LogP) is 5.02. The number of ether oxygens (including phenoxy) is 4. The van der Waals surface area contributed by atoms with E-state index in [9.17, 15) is 14.4 Å². The smallest absolute Gasteiger partial charge is 0.415 e. The van der Waals surface area contributed by atoms with Gasteiger partial charge in [0.05, 0.1) is 12.1 Å². The zero-order valence-corrected chi connectivity index (χ0v) is 26.3. The number of nitrogens with zero attached hydrogens (tertiary/aromatic N) is 2. The summed E-state index contributed by atoms with van der Waals surface area (Å²) >= 11 is 0. The minimum absolute atomic E-state index is 0.0557. The Labute approximate surface area is 267 Å². The summed E-state index contributed by atoms with van der Waals surface area (Å²) in [6.07, 6.45) is 1.17. The molecule has 1 saturated heterocycles. The molecule has 1 atom stereocenters. The number of rotatable bonds is 11. The highest BCUT2D eigenvalue weighted by Crippen LogP contribution is 2.37. The first kappa shape index (κ1) is 31.2. The molecule has 0 bridgehead atoms. The van der Waals surface area contributed by atoms with E-state index in [-0.39, 0.29) is 24.2 Å². The SMILES string of the molecule is CC(C)(C)OC(=O)NC1(COc2cccc(-c3cccc(CNCCC4CN(c5ccc6c(n5)NC(=O)CO6)C(=O)O4)c3)c2)CC1. The van der Waals surface area contributed by atoms with Gasteiger partial charge in [0, 0.05) is 6.54 Å². The number of hydrogen-bond acceptors (Lipinski definition) is 9. The quantitative estimate of drug-likeness (QED) is 0.250. The number of cyclic esters (lactones) is 1. The van der Waals surface area contributed by atoms with Gasteiger partial charge in [-0.25, -0.2) is 14.6 Å². The number of pyridine rings is 1. The maximum Gasteiger partial charge on any atom is 0.415 e. The van der Waals surface area contributed by atoms with Crippen molar-refractivity contribution in [2.45, 2.75) is 63.8 Å². The fourth-order valence-corrected chi connectivity index (χ4v) is 5.28. The van der Waals surface area contributed by atoms with E-state index in [0.717, 1.165) is 35.3 Å². The molecule has 12 heteroatoms. The lowest BCUT2D eigenvalue weighted by molar-refractivity contribution is -0.118. The monoisotopic (exact) mass is 629 g/mol. The highest BCUT2D eigenvalue weighted by Gasteiger charge is 2.46. The average Bonchev–Trinajstić information content (AvgIpc) is 3.68. The number of benzene rings is 2. The molecule has 2 aromatic carbocycles. The molecule has 0 radical (unpaired) electrons. The van der Waals surface area contributed by atoms with Gasteiger partial charge in [0.25, 0.3) is 5.91 Å². The number of fused-ring (bicyclic) bond motifs is 1. The van der Waals surface area contributed by atoms with Gasteiger partial charge in [-0.15, -0.1) is 0 Å². The lowest BCUT2D eigenvalue weighted by Crippen LogP contribution is -2.44. The highest BCUT2D eigenvalue weighted by molar-refractivity contribution is 5.95. The van der Waals surface area contributed by atoms with Crippen LogP contribution in [0.2, 0.25) is 0 Å². The Bertz CT molecular complexity index is 1620. The third-order valence-electron chi connectivity index (χ3n) is 7.81. The first-order valence-electron chi connectivity index (χ1n) is 15.5. The van der Waals surface area contributed by atoms with E-state index in [2.05, 4.69) is 39.1 Å². The molecule has 3 aliphatic rings. The highest BCUT2D eigenvalue weighted by atomic mass is 16.6. The summed E-state index contributed by atoms with van der Waals surface area (Å²) in [6, 6.07) is 19.6. The number of hydrogen-bond donors (Lipinski definition) is 3. The largest absolute Gasteiger partial charge is 0.491 e. The minimum Gasteiger partial charge on any atom is -0.491 e. The standard InChI is InChI=1S/C34H39N5O7/c1-33(2,3)46-31(41)38-34(13-14-34)21-44-25-9-5-8-24(17-25)23-7-4-6-22(16-23)18-35-15-12-26-19-39(32(42)45-26)28-11-10-27-30(36-28)37-29(40)20-43-27/h4-11,16-17,26,35H,12-15,18-21H2,1-3H3,(H,38,41)(H,36,37,40). The van der Waals surface area contributed by atoms with Gasteiger partial charge < -0.3 is 34.9 Å². The molecule has 242 valence electrons. The minimum atomic E-state index is -0.549. The third-order valence-corrected chi connectivity index (χ3v) is 7.81. The summed E-state index contributed by atoms with van der Waals surface area (Å²) < 4.78 is 22.4. The zero-order chi connectivity index (χ0) is 32.3. The van der Waals surface area contributed by atoms with Crippen LogP contribution in [0.3, 0.4) is 0 Å². The fraction of sp³-hybridized carbons (Fsp3) is 0.412. The normalized spacial score (nSPS) is 18.2. The zero-order valence-electron chi connectivity index (χ0n) is 26.3. The molecule has 6 rings (SSSR count). The van der Waals surface area contributed by atoms with Crippen molar-refractivity contribution in [2.75, 3.05) is 36.5 Å². The predicted molar refractivity (Wildman–Crippen MR) is 171 cm³/mol. The maximum absolute atomic E-state index is 12.5. The van der Waals surface area contributed by atoms with Gasteiger partial charge in [-0.1, -0.05) is 30.3 Å². The Hall–Kier alpha value is -4.84. The Morgan fingerprint density at radius 2 is 1.87 bits per heavy atom. The number of aromatic nitrogens is 1. The van der Waals surface area contributed by atoms with Crippen molar-refractivity contribution >= 4 is 29.7 Å². The summed E-state index contributed by atoms with van der Waals surface area (Å²) in [4.78, 5) is 42.3. The van der Waals surface area contributed by atoms with Gasteiger partial charge >= 0.3 is 12.2 Å². The van der Waals surface area contributed by atoms with Crippen LogP contribution in [-0.4, -0.2) is 66.6 Å². The summed E-state index contributed by atoms with van der Waals surface area (Å²) in [5, 5.41) is 9.08. The molecule has 12 nitrogen and oxygen atoms in total. The number of amides is 3. The van der Waals surface area contributed by atoms with Gasteiger partial charge in [-0.3, -0.25) is 9.69 Å². The van der Waals surface area contributed by atoms with Crippen molar-refractivity contribution in [3.8, 4) is 22.6 Å². The van der Waals surface area contributed by atoms with Crippen LogP contribution in [0.25, 0.3) is 11.1 Å². The van der Waals surface area contributed by atoms with Crippen molar-refractivity contribution < 1.29 is 33.3 Å². The lowest BCUT2D eigenvalue weighted by atomic mass is 10.0. The second kappa shape index (κ2) is 12.9. The molecular formula is C34H39N5O7. The van der Waals surface area contributed by atoms with E-state index in [1.54, 1.807) is 12.1 Å². The molecule has 3 amide bonds. The summed E-state index contributed by atoms with van der Waals surface area (Å²) in [6.45, 7) is 7.53. The van der Waals surface area contributed by atoms with E-state index in [0.29, 0.717) is 50.0 Å². The van der Waals surface area contributed by atoms with E-state index < -0.39 is 17.8 Å². The topological polar surface area (TPSA) is 140 Å². The Morgan fingerprint density at radius 1 is 1.09 bits per heavy atom. The average molecular weight is 630 g/mol. The maximum atomic E-state index is 12.5. The van der Waals surface area contributed by atoms with Crippen LogP contribution >= 0.6 is 0 Å². The molecule has 3 aromatic rings. The van der Waals surface area contributed by atoms with Crippen LogP contribution < -0.4 is 30.3 Å². The van der Waals surface area contributed by atoms with E-state index in [4.69, 9.17) is 18.9 Å². The first-order chi connectivity index (χ1) is 22.0. The van der Waals surface area contributed by atoms with Crippen LogP contribution in [0.5, 0.6) is 11.5 Å². The third kappa shape index (κ3) is 7.86. The molecule has 1 aliphatic carbocycles. The second-order valence-corrected chi connectivity index (χ2v) is 12.9. The molecule has 2 aliphatic heterocycles. The van der Waals surface area contributed by atoms with Crippen LogP contribution in [0.4, 0.5) is 21.2 Å². The molecule has 1 aromatic heterocycles. The van der Waals surface area contributed by atoms with Crippen molar-refractivity contribution in [1.82, 2.24) is 15.6 Å². The van der Waals surface area contributed by atoms with Gasteiger partial charge in [0.15, 0.2) is 18.2 Å². The number of alkyl carbamates (subject to hydrolysis) is 1. The Balaban J connectivity index is 0.972. The van der Waals surface area contributed by atoms with Crippen LogP contribution in [0, 0.1) is 0 Å². The van der Waals surface area contributed by atoms with Gasteiger partial charge in [0.2, 0.25) is 0 Å². The molecule has 1 saturated carbocycles. The van der Waals surface area contributed by atoms with Gasteiger partial charge in [-0.2, -0.15) is 0 Å². The Kier molecular flexibility index (Phi) is 8.72. The summed E-state index contributed by atoms with van der Waals surface area (Å²) in [5.74, 6) is 1.62. The molecule has 2 fully saturated rings. The number of carbonyl (C=O) groups excluding carboxylic acids is 3. The van der Waals surface area contributed by atoms with Crippen molar-refractivity contribution in [2.24, 2.45) is 0 Å². The second-order valence-electron chi connectivity index (χ2n) is 12.9. The van der Waals surface area contributed by atoms with Gasteiger partial charge in [0.1, 0.15) is 29.9 Å². The van der Waals surface area contributed by atoms with Gasteiger partial charge in [-0.05, 0) is 93.6 Å². The number of anilines is 2. The summed E-state index contributed by atoms with van der Waals surface area (Å²) in [5.41, 5.74) is 2.29. The molecule has 3 heterocycles. The van der Waals surface area contributed by atoms with E-state index in [1.807, 2.05) is 51.1 Å². The fourth-order valence-electron chi connectivity index (χ4n) is 5.28.